The topological polar surface area (TPSA) is 128 Å². The second kappa shape index (κ2) is 11.4. The molecule has 9 nitrogen and oxygen atoms in total. The van der Waals surface area contributed by atoms with Gasteiger partial charge in [0.2, 0.25) is 10.0 Å². The number of rotatable bonds is 9. The number of carbonyl (C=O) groups is 2. The molecule has 4 rings (SSSR count). The van der Waals surface area contributed by atoms with Crippen molar-refractivity contribution in [3.8, 4) is 5.69 Å². The monoisotopic (exact) mass is 561 g/mol. The van der Waals surface area contributed by atoms with Crippen LogP contribution < -0.4 is 4.72 Å². The highest BCUT2D eigenvalue weighted by Crippen LogP contribution is 2.35. The predicted molar refractivity (Wildman–Crippen MR) is 150 cm³/mol. The number of nitrogens with one attached hydrogen (secondary N) is 1. The number of imidazole rings is 1. The molecule has 1 heterocycles. The third-order valence-corrected chi connectivity index (χ3v) is 8.26. The lowest BCUT2D eigenvalue weighted by Crippen LogP contribution is -2.40. The number of benzene rings is 3. The summed E-state index contributed by atoms with van der Waals surface area (Å²) in [7, 11) is -3.99. The lowest BCUT2D eigenvalue weighted by Gasteiger charge is -2.26. The number of esters is 1. The van der Waals surface area contributed by atoms with E-state index in [-0.39, 0.29) is 10.5 Å². The van der Waals surface area contributed by atoms with Gasteiger partial charge in [-0.15, -0.1) is 0 Å². The Morgan fingerprint density at radius 2 is 1.60 bits per heavy atom. The molecule has 0 saturated heterocycles. The number of aryl methyl sites for hydroxylation is 4. The molecule has 0 bridgehead atoms. The number of hydrogen-bond acceptors (Lipinski definition) is 6. The van der Waals surface area contributed by atoms with Crippen LogP contribution in [0.2, 0.25) is 0 Å². The molecule has 0 amide bonds. The second-order valence-corrected chi connectivity index (χ2v) is 11.5. The minimum absolute atomic E-state index is 0.0362. The lowest BCUT2D eigenvalue weighted by molar-refractivity contribution is -0.149. The van der Waals surface area contributed by atoms with Crippen molar-refractivity contribution in [1.82, 2.24) is 14.3 Å². The molecule has 4 aromatic rings. The van der Waals surface area contributed by atoms with Gasteiger partial charge >= 0.3 is 11.9 Å². The smallest absolute Gasteiger partial charge is 0.335 e. The van der Waals surface area contributed by atoms with Crippen LogP contribution in [0.25, 0.3) is 5.69 Å². The first-order chi connectivity index (χ1) is 18.9. The maximum Gasteiger partial charge on any atom is 0.335 e. The van der Waals surface area contributed by atoms with Crippen LogP contribution in [0.4, 0.5) is 0 Å². The molecule has 0 radical (unpaired) electrons. The van der Waals surface area contributed by atoms with Crippen molar-refractivity contribution in [2.45, 2.75) is 51.7 Å². The van der Waals surface area contributed by atoms with Crippen molar-refractivity contribution in [2.24, 2.45) is 0 Å². The Hall–Kier alpha value is -4.28. The van der Waals surface area contributed by atoms with Gasteiger partial charge in [-0.3, -0.25) is 4.79 Å². The number of aromatic carboxylic acids is 1. The van der Waals surface area contributed by atoms with Crippen molar-refractivity contribution in [3.63, 3.8) is 0 Å². The molecule has 208 valence electrons. The van der Waals surface area contributed by atoms with Crippen molar-refractivity contribution in [3.05, 3.63) is 112 Å². The van der Waals surface area contributed by atoms with E-state index in [4.69, 9.17) is 4.74 Å². The Bertz CT molecular complexity index is 1640. The highest BCUT2D eigenvalue weighted by atomic mass is 32.2. The fraction of sp³-hybridized carbons (Fsp3) is 0.233. The summed E-state index contributed by atoms with van der Waals surface area (Å²) in [5, 5.41) is 9.54. The molecule has 0 spiro atoms. The standard InChI is InChI=1S/C30H31N3O6S/c1-18-6-10-25(11-7-18)40(37,38)32-22(5)30(36)39-28(27-20(3)14-23(29(34)35)15-21(27)4)26-16-24(9-8-19(26)2)33-13-12-31-17-33/h6-17,22,28,32H,1-5H3,(H,34,35)/t22-,28?/m0/s1. The molecule has 0 fully saturated rings. The minimum atomic E-state index is -3.99. The Morgan fingerprint density at radius 3 is 2.17 bits per heavy atom. The van der Waals surface area contributed by atoms with E-state index in [0.717, 1.165) is 16.8 Å². The van der Waals surface area contributed by atoms with E-state index in [1.165, 1.54) is 31.2 Å². The van der Waals surface area contributed by atoms with Gasteiger partial charge in [0.1, 0.15) is 6.04 Å². The number of ether oxygens (including phenoxy) is 1. The zero-order valence-corrected chi connectivity index (χ0v) is 23.7. The zero-order valence-electron chi connectivity index (χ0n) is 22.9. The summed E-state index contributed by atoms with van der Waals surface area (Å²) >= 11 is 0. The summed E-state index contributed by atoms with van der Waals surface area (Å²) in [5.41, 5.74) is 5.17. The average molecular weight is 562 g/mol. The Labute approximate surface area is 233 Å². The average Bonchev–Trinajstić information content (AvgIpc) is 3.43. The van der Waals surface area contributed by atoms with Crippen LogP contribution in [0.15, 0.2) is 78.2 Å². The molecule has 0 aliphatic heterocycles. The number of sulfonamides is 1. The molecule has 2 N–H and O–H groups in total. The number of aromatic nitrogens is 2. The molecule has 0 saturated carbocycles. The van der Waals surface area contributed by atoms with Crippen LogP contribution >= 0.6 is 0 Å². The van der Waals surface area contributed by atoms with Crippen LogP contribution in [0.3, 0.4) is 0 Å². The SMILES string of the molecule is Cc1ccc(S(=O)(=O)N[C@@H](C)C(=O)OC(c2cc(-n3ccnc3)ccc2C)c2c(C)cc(C(=O)O)cc2C)cc1. The van der Waals surface area contributed by atoms with Gasteiger partial charge in [-0.1, -0.05) is 23.8 Å². The van der Waals surface area contributed by atoms with E-state index in [9.17, 15) is 23.1 Å². The number of nitrogens with zero attached hydrogens (tertiary/aromatic N) is 2. The normalized spacial score (nSPS) is 13.0. The van der Waals surface area contributed by atoms with E-state index in [1.807, 2.05) is 36.6 Å². The van der Waals surface area contributed by atoms with Crippen LogP contribution in [0.5, 0.6) is 0 Å². The summed E-state index contributed by atoms with van der Waals surface area (Å²) in [6.07, 6.45) is 4.15. The quantitative estimate of drug-likeness (QED) is 0.281. The molecule has 1 aromatic heterocycles. The number of carbonyl (C=O) groups excluding carboxylic acids is 1. The molecule has 3 aromatic carbocycles. The van der Waals surface area contributed by atoms with E-state index >= 15 is 0 Å². The van der Waals surface area contributed by atoms with Crippen molar-refractivity contribution in [2.75, 3.05) is 0 Å². The third-order valence-electron chi connectivity index (χ3n) is 6.70. The molecule has 1 unspecified atom stereocenters. The first-order valence-corrected chi connectivity index (χ1v) is 14.1. The van der Waals surface area contributed by atoms with Crippen LogP contribution in [0, 0.1) is 27.7 Å². The van der Waals surface area contributed by atoms with Gasteiger partial charge in [-0.05, 0) is 87.7 Å². The molecule has 40 heavy (non-hydrogen) atoms. The number of carboxylic acids is 1. The lowest BCUT2D eigenvalue weighted by atomic mass is 9.89. The van der Waals surface area contributed by atoms with Crippen LogP contribution in [0.1, 0.15) is 56.8 Å². The zero-order chi connectivity index (χ0) is 29.2. The largest absolute Gasteiger partial charge is 0.478 e. The first kappa shape index (κ1) is 28.7. The molecular weight excluding hydrogens is 530 g/mol. The van der Waals surface area contributed by atoms with Gasteiger partial charge in [-0.25, -0.2) is 18.2 Å². The highest BCUT2D eigenvalue weighted by Gasteiger charge is 2.30. The van der Waals surface area contributed by atoms with E-state index in [0.29, 0.717) is 22.3 Å². The van der Waals surface area contributed by atoms with Gasteiger partial charge in [0.05, 0.1) is 16.8 Å². The first-order valence-electron chi connectivity index (χ1n) is 12.6. The summed E-state index contributed by atoms with van der Waals surface area (Å²) < 4.78 is 36.2. The third kappa shape index (κ3) is 6.13. The van der Waals surface area contributed by atoms with Gasteiger partial charge in [-0.2, -0.15) is 4.72 Å². The fourth-order valence-electron chi connectivity index (χ4n) is 4.56. The summed E-state index contributed by atoms with van der Waals surface area (Å²) in [4.78, 5) is 29.2. The predicted octanol–water partition coefficient (Wildman–Crippen LogP) is 4.80. The molecule has 0 aliphatic carbocycles. The second-order valence-electron chi connectivity index (χ2n) is 9.81. The van der Waals surface area contributed by atoms with Crippen molar-refractivity contribution >= 4 is 22.0 Å². The summed E-state index contributed by atoms with van der Waals surface area (Å²) in [5.74, 6) is -1.85. The van der Waals surface area contributed by atoms with Gasteiger partial charge in [0.25, 0.3) is 0 Å². The minimum Gasteiger partial charge on any atom is -0.478 e. The summed E-state index contributed by atoms with van der Waals surface area (Å²) in [6.45, 7) is 8.67. The number of hydrogen-bond donors (Lipinski definition) is 2. The Morgan fingerprint density at radius 1 is 0.950 bits per heavy atom. The number of carboxylic acid groups (broad SMARTS) is 1. The molecule has 10 heteroatoms. The fourth-order valence-corrected chi connectivity index (χ4v) is 5.75. The Balaban J connectivity index is 1.74. The van der Waals surface area contributed by atoms with E-state index in [2.05, 4.69) is 9.71 Å². The van der Waals surface area contributed by atoms with E-state index in [1.54, 1.807) is 44.7 Å². The molecular formula is C30H31N3O6S. The van der Waals surface area contributed by atoms with Crippen molar-refractivity contribution in [1.29, 1.82) is 0 Å². The maximum absolute atomic E-state index is 13.4. The highest BCUT2D eigenvalue weighted by molar-refractivity contribution is 7.89. The summed E-state index contributed by atoms with van der Waals surface area (Å²) in [6, 6.07) is 13.8. The Kier molecular flexibility index (Phi) is 8.22. The van der Waals surface area contributed by atoms with Crippen LogP contribution in [-0.4, -0.2) is 41.1 Å². The van der Waals surface area contributed by atoms with Gasteiger partial charge < -0.3 is 14.4 Å². The van der Waals surface area contributed by atoms with Crippen LogP contribution in [-0.2, 0) is 19.6 Å². The van der Waals surface area contributed by atoms with Crippen molar-refractivity contribution < 1.29 is 27.9 Å². The van der Waals surface area contributed by atoms with Gasteiger partial charge in [0, 0.05) is 29.2 Å². The maximum atomic E-state index is 13.4. The molecule has 2 atom stereocenters. The van der Waals surface area contributed by atoms with E-state index < -0.39 is 34.1 Å². The molecule has 0 aliphatic rings. The van der Waals surface area contributed by atoms with Gasteiger partial charge in [0.15, 0.2) is 6.10 Å².